The van der Waals surface area contributed by atoms with Gasteiger partial charge in [-0.1, -0.05) is 24.8 Å². The predicted molar refractivity (Wildman–Crippen MR) is 80.0 cm³/mol. The van der Waals surface area contributed by atoms with Gasteiger partial charge in [0.1, 0.15) is 12.0 Å². The molecule has 0 radical (unpaired) electrons. The number of amidine groups is 1. The monoisotopic (exact) mass is 270 g/mol. The molecule has 0 unspecified atom stereocenters. The summed E-state index contributed by atoms with van der Waals surface area (Å²) in [7, 11) is 0. The maximum Gasteiger partial charge on any atom is 0.316 e. The number of anilines is 1. The van der Waals surface area contributed by atoms with Crippen LogP contribution in [0.15, 0.2) is 52.7 Å². The number of hydrazone groups is 1. The Hall–Kier alpha value is -3.09. The van der Waals surface area contributed by atoms with Gasteiger partial charge in [0.15, 0.2) is 5.84 Å². The molecular formula is C13H14N6O. The molecule has 2 amide bonds. The van der Waals surface area contributed by atoms with Gasteiger partial charge in [0, 0.05) is 11.3 Å². The van der Waals surface area contributed by atoms with Crippen molar-refractivity contribution in [2.75, 3.05) is 5.32 Å². The van der Waals surface area contributed by atoms with Crippen LogP contribution >= 0.6 is 0 Å². The molecule has 6 N–H and O–H groups in total. The summed E-state index contributed by atoms with van der Waals surface area (Å²) in [5, 5.41) is 6.33. The highest BCUT2D eigenvalue weighted by molar-refractivity contribution is 6.08. The summed E-state index contributed by atoms with van der Waals surface area (Å²) in [5.74, 6) is 0.328. The molecule has 0 aliphatic carbocycles. The number of urea groups is 1. The minimum Gasteiger partial charge on any atom is -0.382 e. The van der Waals surface area contributed by atoms with Crippen molar-refractivity contribution >= 4 is 29.5 Å². The molecule has 0 aromatic heterocycles. The Labute approximate surface area is 115 Å². The molecule has 0 bridgehead atoms. The smallest absolute Gasteiger partial charge is 0.316 e. The number of hydrogen-bond acceptors (Lipinski definition) is 5. The highest BCUT2D eigenvalue weighted by Crippen LogP contribution is 2.21. The number of nitrogens with zero attached hydrogens (tertiary/aromatic N) is 2. The Morgan fingerprint density at radius 2 is 2.05 bits per heavy atom. The Kier molecular flexibility index (Phi) is 3.80. The summed E-state index contributed by atoms with van der Waals surface area (Å²) in [6.07, 6.45) is 2.99. The van der Waals surface area contributed by atoms with E-state index >= 15 is 0 Å². The lowest BCUT2D eigenvalue weighted by Crippen LogP contribution is -2.27. The van der Waals surface area contributed by atoms with E-state index in [0.29, 0.717) is 17.2 Å². The number of rotatable bonds is 3. The van der Waals surface area contributed by atoms with Gasteiger partial charge in [-0.15, -0.1) is 0 Å². The number of hydrogen-bond donors (Lipinski definition) is 4. The molecule has 7 nitrogen and oxygen atoms in total. The van der Waals surface area contributed by atoms with Crippen LogP contribution in [0.25, 0.3) is 5.57 Å². The molecule has 1 aromatic carbocycles. The number of nitrogens with one attached hydrogen (secondary N) is 2. The molecule has 7 heteroatoms. The third kappa shape index (κ3) is 2.83. The second-order valence-electron chi connectivity index (χ2n) is 3.93. The molecular weight excluding hydrogens is 256 g/mol. The Morgan fingerprint density at radius 3 is 2.60 bits per heavy atom. The zero-order chi connectivity index (χ0) is 14.5. The molecule has 1 aromatic rings. The van der Waals surface area contributed by atoms with Crippen molar-refractivity contribution < 1.29 is 4.79 Å². The Bertz CT molecular complexity index is 627. The lowest BCUT2D eigenvalue weighted by atomic mass is 10.0. The summed E-state index contributed by atoms with van der Waals surface area (Å²) in [6, 6.07) is 6.46. The SMILES string of the molecule is C=C/C(=C1\NN=CN=C1N)c1ccc(NC(N)=O)cc1. The lowest BCUT2D eigenvalue weighted by Gasteiger charge is -2.14. The van der Waals surface area contributed by atoms with E-state index in [1.807, 2.05) is 12.1 Å². The van der Waals surface area contributed by atoms with Gasteiger partial charge in [0.05, 0.1) is 0 Å². The molecule has 0 atom stereocenters. The molecule has 0 saturated carbocycles. The van der Waals surface area contributed by atoms with E-state index < -0.39 is 6.03 Å². The Balaban J connectivity index is 2.36. The first-order valence-electron chi connectivity index (χ1n) is 5.76. The summed E-state index contributed by atoms with van der Waals surface area (Å²) in [5.41, 5.74) is 16.4. The first-order valence-corrected chi connectivity index (χ1v) is 5.76. The van der Waals surface area contributed by atoms with Gasteiger partial charge < -0.3 is 16.8 Å². The highest BCUT2D eigenvalue weighted by Gasteiger charge is 2.12. The molecule has 102 valence electrons. The molecule has 1 heterocycles. The summed E-state index contributed by atoms with van der Waals surface area (Å²) in [6.45, 7) is 3.77. The largest absolute Gasteiger partial charge is 0.382 e. The second kappa shape index (κ2) is 5.70. The zero-order valence-electron chi connectivity index (χ0n) is 10.6. The topological polar surface area (TPSA) is 118 Å². The summed E-state index contributed by atoms with van der Waals surface area (Å²) >= 11 is 0. The Morgan fingerprint density at radius 1 is 1.35 bits per heavy atom. The number of carbonyl (C=O) groups is 1. The van der Waals surface area contributed by atoms with E-state index in [-0.39, 0.29) is 0 Å². The van der Waals surface area contributed by atoms with E-state index in [1.165, 1.54) is 6.34 Å². The lowest BCUT2D eigenvalue weighted by molar-refractivity contribution is 0.259. The van der Waals surface area contributed by atoms with Crippen molar-refractivity contribution in [3.05, 3.63) is 48.2 Å². The zero-order valence-corrected chi connectivity index (χ0v) is 10.6. The average Bonchev–Trinajstić information content (AvgIpc) is 2.43. The van der Waals surface area contributed by atoms with Crippen LogP contribution in [-0.2, 0) is 0 Å². The molecule has 1 aliphatic rings. The minimum atomic E-state index is -0.611. The van der Waals surface area contributed by atoms with Crippen molar-refractivity contribution in [1.82, 2.24) is 5.43 Å². The number of benzene rings is 1. The van der Waals surface area contributed by atoms with E-state index in [1.54, 1.807) is 18.2 Å². The van der Waals surface area contributed by atoms with Crippen molar-refractivity contribution in [2.45, 2.75) is 0 Å². The fraction of sp³-hybridized carbons (Fsp3) is 0. The van der Waals surface area contributed by atoms with Gasteiger partial charge in [-0.25, -0.2) is 9.79 Å². The second-order valence-corrected chi connectivity index (χ2v) is 3.93. The summed E-state index contributed by atoms with van der Waals surface area (Å²) < 4.78 is 0. The van der Waals surface area contributed by atoms with Gasteiger partial charge in [0.25, 0.3) is 0 Å². The van der Waals surface area contributed by atoms with Crippen LogP contribution in [0.1, 0.15) is 5.56 Å². The first-order chi connectivity index (χ1) is 9.61. The van der Waals surface area contributed by atoms with Crippen LogP contribution in [0.4, 0.5) is 10.5 Å². The molecule has 1 aliphatic heterocycles. The third-order valence-corrected chi connectivity index (χ3v) is 2.62. The molecule has 0 spiro atoms. The van der Waals surface area contributed by atoms with Gasteiger partial charge in [-0.2, -0.15) is 5.10 Å². The standard InChI is InChI=1S/C13H14N6O/c1-2-10(11-12(14)16-7-17-19-11)8-3-5-9(6-4-8)18-13(15)20/h2-7,19H,1H2,(H2,14,16,17)(H3,15,18,20)/b11-10+. The molecule has 0 fully saturated rings. The van der Waals surface area contributed by atoms with Crippen LogP contribution in [0.2, 0.25) is 0 Å². The van der Waals surface area contributed by atoms with Crippen molar-refractivity contribution in [2.24, 2.45) is 21.6 Å². The van der Waals surface area contributed by atoms with E-state index in [4.69, 9.17) is 11.5 Å². The number of allylic oxidation sites excluding steroid dienone is 2. The number of carbonyl (C=O) groups excluding carboxylic acids is 1. The van der Waals surface area contributed by atoms with Crippen molar-refractivity contribution in [3.63, 3.8) is 0 Å². The van der Waals surface area contributed by atoms with E-state index in [0.717, 1.165) is 11.1 Å². The fourth-order valence-corrected chi connectivity index (χ4v) is 1.74. The normalized spacial score (nSPS) is 15.9. The minimum absolute atomic E-state index is 0.328. The quantitative estimate of drug-likeness (QED) is 0.655. The average molecular weight is 270 g/mol. The van der Waals surface area contributed by atoms with Gasteiger partial charge in [-0.05, 0) is 17.7 Å². The summed E-state index contributed by atoms with van der Waals surface area (Å²) in [4.78, 5) is 14.7. The van der Waals surface area contributed by atoms with Crippen LogP contribution in [0.3, 0.4) is 0 Å². The van der Waals surface area contributed by atoms with Crippen LogP contribution in [0, 0.1) is 0 Å². The fourth-order valence-electron chi connectivity index (χ4n) is 1.74. The van der Waals surface area contributed by atoms with Crippen LogP contribution < -0.4 is 22.2 Å². The van der Waals surface area contributed by atoms with Crippen molar-refractivity contribution in [1.29, 1.82) is 0 Å². The number of amides is 2. The first kappa shape index (κ1) is 13.3. The number of primary amides is 1. The number of nitrogens with two attached hydrogens (primary N) is 2. The molecule has 0 saturated heterocycles. The maximum absolute atomic E-state index is 10.8. The van der Waals surface area contributed by atoms with Crippen molar-refractivity contribution in [3.8, 4) is 0 Å². The molecule has 20 heavy (non-hydrogen) atoms. The van der Waals surface area contributed by atoms with Crippen LogP contribution in [-0.4, -0.2) is 18.2 Å². The predicted octanol–water partition coefficient (Wildman–Crippen LogP) is 0.978. The van der Waals surface area contributed by atoms with Gasteiger partial charge in [0.2, 0.25) is 0 Å². The van der Waals surface area contributed by atoms with E-state index in [2.05, 4.69) is 27.4 Å². The van der Waals surface area contributed by atoms with Crippen LogP contribution in [0.5, 0.6) is 0 Å². The third-order valence-electron chi connectivity index (χ3n) is 2.62. The van der Waals surface area contributed by atoms with Gasteiger partial charge >= 0.3 is 6.03 Å². The van der Waals surface area contributed by atoms with E-state index in [9.17, 15) is 4.79 Å². The highest BCUT2D eigenvalue weighted by atomic mass is 16.2. The molecule has 2 rings (SSSR count). The maximum atomic E-state index is 10.8. The number of aliphatic imine (C=N–C) groups is 1. The van der Waals surface area contributed by atoms with Gasteiger partial charge in [-0.3, -0.25) is 5.43 Å².